The van der Waals surface area contributed by atoms with E-state index in [9.17, 15) is 5.11 Å². The van der Waals surface area contributed by atoms with Gasteiger partial charge in [-0.1, -0.05) is 25.1 Å². The zero-order chi connectivity index (χ0) is 11.4. The lowest BCUT2D eigenvalue weighted by atomic mass is 9.92. The lowest BCUT2D eigenvalue weighted by Gasteiger charge is -2.24. The van der Waals surface area contributed by atoms with Gasteiger partial charge >= 0.3 is 0 Å². The number of ether oxygens (including phenoxy) is 1. The van der Waals surface area contributed by atoms with E-state index in [-0.39, 0.29) is 0 Å². The molecular formula is C13H18O2S. The molecular weight excluding hydrogens is 220 g/mol. The molecule has 1 fully saturated rings. The van der Waals surface area contributed by atoms with Gasteiger partial charge in [0.2, 0.25) is 0 Å². The number of aliphatic hydroxyl groups is 1. The Bertz CT molecular complexity index is 346. The highest BCUT2D eigenvalue weighted by Crippen LogP contribution is 2.40. The normalized spacial score (nSPS) is 24.6. The molecule has 1 aromatic carbocycles. The van der Waals surface area contributed by atoms with Crippen molar-refractivity contribution in [3.8, 4) is 5.75 Å². The zero-order valence-electron chi connectivity index (χ0n) is 9.61. The minimum atomic E-state index is -0.686. The summed E-state index contributed by atoms with van der Waals surface area (Å²) < 4.78 is 5.69. The van der Waals surface area contributed by atoms with Crippen LogP contribution in [0.3, 0.4) is 0 Å². The first-order chi connectivity index (χ1) is 7.76. The third kappa shape index (κ3) is 2.36. The van der Waals surface area contributed by atoms with Crippen molar-refractivity contribution >= 4 is 11.8 Å². The number of hydrogen-bond donors (Lipinski definition) is 1. The lowest BCUT2D eigenvalue weighted by Crippen LogP contribution is -2.25. The molecule has 3 heteroatoms. The number of benzene rings is 1. The first-order valence-corrected chi connectivity index (χ1v) is 6.94. The van der Waals surface area contributed by atoms with Crippen molar-refractivity contribution < 1.29 is 9.84 Å². The third-order valence-corrected chi connectivity index (χ3v) is 4.03. The van der Waals surface area contributed by atoms with E-state index >= 15 is 0 Å². The van der Waals surface area contributed by atoms with Gasteiger partial charge in [0.15, 0.2) is 0 Å². The van der Waals surface area contributed by atoms with Crippen LogP contribution in [0.5, 0.6) is 5.75 Å². The number of hydrogen-bond acceptors (Lipinski definition) is 3. The van der Waals surface area contributed by atoms with Crippen molar-refractivity contribution in [1.82, 2.24) is 0 Å². The average molecular weight is 238 g/mol. The molecule has 2 nitrogen and oxygen atoms in total. The Morgan fingerprint density at radius 1 is 1.44 bits per heavy atom. The molecule has 0 bridgehead atoms. The smallest absolute Gasteiger partial charge is 0.125 e. The molecule has 16 heavy (non-hydrogen) atoms. The first-order valence-electron chi connectivity index (χ1n) is 5.79. The van der Waals surface area contributed by atoms with E-state index in [1.165, 1.54) is 0 Å². The van der Waals surface area contributed by atoms with Crippen LogP contribution in [0.25, 0.3) is 0 Å². The molecule has 0 radical (unpaired) electrons. The summed E-state index contributed by atoms with van der Waals surface area (Å²) in [5.74, 6) is 2.65. The molecule has 0 aromatic heterocycles. The van der Waals surface area contributed by atoms with Gasteiger partial charge in [0, 0.05) is 11.3 Å². The SMILES string of the molecule is CCCOc1ccccc1C1(O)CCSC1. The summed E-state index contributed by atoms with van der Waals surface area (Å²) >= 11 is 1.80. The highest BCUT2D eigenvalue weighted by molar-refractivity contribution is 7.99. The second-order valence-corrected chi connectivity index (χ2v) is 5.28. The van der Waals surface area contributed by atoms with Crippen LogP contribution in [0.15, 0.2) is 24.3 Å². The van der Waals surface area contributed by atoms with Crippen LogP contribution in [0.4, 0.5) is 0 Å². The van der Waals surface area contributed by atoms with Gasteiger partial charge in [0.25, 0.3) is 0 Å². The Morgan fingerprint density at radius 3 is 2.94 bits per heavy atom. The monoisotopic (exact) mass is 238 g/mol. The average Bonchev–Trinajstić information content (AvgIpc) is 2.75. The van der Waals surface area contributed by atoms with Crippen molar-refractivity contribution in [1.29, 1.82) is 0 Å². The zero-order valence-corrected chi connectivity index (χ0v) is 10.4. The topological polar surface area (TPSA) is 29.5 Å². The Morgan fingerprint density at radius 2 is 2.25 bits per heavy atom. The fraction of sp³-hybridized carbons (Fsp3) is 0.538. The Kier molecular flexibility index (Phi) is 3.77. The number of rotatable bonds is 4. The highest BCUT2D eigenvalue weighted by atomic mass is 32.2. The molecule has 0 saturated carbocycles. The predicted molar refractivity (Wildman–Crippen MR) is 68.1 cm³/mol. The van der Waals surface area contributed by atoms with Gasteiger partial charge in [-0.05, 0) is 24.7 Å². The van der Waals surface area contributed by atoms with Crippen molar-refractivity contribution in [3.05, 3.63) is 29.8 Å². The Hall–Kier alpha value is -0.670. The van der Waals surface area contributed by atoms with Gasteiger partial charge < -0.3 is 9.84 Å². The Labute approximate surface area is 101 Å². The summed E-state index contributed by atoms with van der Waals surface area (Å²) in [5.41, 5.74) is 0.267. The van der Waals surface area contributed by atoms with Gasteiger partial charge in [-0.3, -0.25) is 0 Å². The fourth-order valence-corrected chi connectivity index (χ4v) is 3.22. The molecule has 2 rings (SSSR count). The quantitative estimate of drug-likeness (QED) is 0.874. The molecule has 1 unspecified atom stereocenters. The molecule has 0 aliphatic carbocycles. The second-order valence-electron chi connectivity index (χ2n) is 4.18. The molecule has 88 valence electrons. The van der Waals surface area contributed by atoms with Crippen molar-refractivity contribution in [2.45, 2.75) is 25.4 Å². The van der Waals surface area contributed by atoms with Crippen LogP contribution in [-0.2, 0) is 5.60 Å². The highest BCUT2D eigenvalue weighted by Gasteiger charge is 2.35. The van der Waals surface area contributed by atoms with Crippen LogP contribution in [0.2, 0.25) is 0 Å². The molecule has 1 atom stereocenters. The maximum Gasteiger partial charge on any atom is 0.125 e. The van der Waals surface area contributed by atoms with E-state index in [2.05, 4.69) is 6.92 Å². The van der Waals surface area contributed by atoms with Gasteiger partial charge in [-0.15, -0.1) is 0 Å². The van der Waals surface area contributed by atoms with Crippen LogP contribution in [0.1, 0.15) is 25.3 Å². The van der Waals surface area contributed by atoms with Gasteiger partial charge in [-0.2, -0.15) is 11.8 Å². The van der Waals surface area contributed by atoms with Crippen LogP contribution >= 0.6 is 11.8 Å². The summed E-state index contributed by atoms with van der Waals surface area (Å²) in [6.07, 6.45) is 1.81. The minimum Gasteiger partial charge on any atom is -0.493 e. The summed E-state index contributed by atoms with van der Waals surface area (Å²) in [5, 5.41) is 10.5. The molecule has 1 saturated heterocycles. The minimum absolute atomic E-state index is 0.686. The molecule has 1 aliphatic heterocycles. The lowest BCUT2D eigenvalue weighted by molar-refractivity contribution is 0.0622. The van der Waals surface area contributed by atoms with Crippen LogP contribution in [0, 0.1) is 0 Å². The number of para-hydroxylation sites is 1. The molecule has 1 aromatic rings. The van der Waals surface area contributed by atoms with E-state index in [4.69, 9.17) is 4.74 Å². The van der Waals surface area contributed by atoms with Gasteiger partial charge in [0.05, 0.1) is 6.61 Å². The maximum absolute atomic E-state index is 10.5. The standard InChI is InChI=1S/C13H18O2S/c1-2-8-15-12-6-4-3-5-11(12)13(14)7-9-16-10-13/h3-6,14H,2,7-10H2,1H3. The van der Waals surface area contributed by atoms with Crippen molar-refractivity contribution in [2.75, 3.05) is 18.1 Å². The molecule has 1 aliphatic rings. The van der Waals surface area contributed by atoms with E-state index in [1.54, 1.807) is 11.8 Å². The van der Waals surface area contributed by atoms with Crippen LogP contribution in [-0.4, -0.2) is 23.2 Å². The predicted octanol–water partition coefficient (Wildman–Crippen LogP) is 2.80. The fourth-order valence-electron chi connectivity index (χ4n) is 1.96. The first kappa shape index (κ1) is 11.8. The molecule has 1 N–H and O–H groups in total. The summed E-state index contributed by atoms with van der Waals surface area (Å²) in [6, 6.07) is 7.86. The Balaban J connectivity index is 2.24. The maximum atomic E-state index is 10.5. The van der Waals surface area contributed by atoms with Crippen LogP contribution < -0.4 is 4.74 Å². The second kappa shape index (κ2) is 5.11. The van der Waals surface area contributed by atoms with Crippen molar-refractivity contribution in [3.63, 3.8) is 0 Å². The molecule has 0 spiro atoms. The van der Waals surface area contributed by atoms with Crippen molar-refractivity contribution in [2.24, 2.45) is 0 Å². The summed E-state index contributed by atoms with van der Waals surface area (Å²) in [6.45, 7) is 2.79. The number of thioether (sulfide) groups is 1. The summed E-state index contributed by atoms with van der Waals surface area (Å²) in [4.78, 5) is 0. The molecule has 0 amide bonds. The third-order valence-electron chi connectivity index (χ3n) is 2.85. The van der Waals surface area contributed by atoms with Gasteiger partial charge in [-0.25, -0.2) is 0 Å². The van der Waals surface area contributed by atoms with E-state index in [0.29, 0.717) is 6.61 Å². The van der Waals surface area contributed by atoms with E-state index < -0.39 is 5.60 Å². The summed E-state index contributed by atoms with van der Waals surface area (Å²) in [7, 11) is 0. The van der Waals surface area contributed by atoms with Gasteiger partial charge in [0.1, 0.15) is 11.4 Å². The van der Waals surface area contributed by atoms with E-state index in [1.807, 2.05) is 24.3 Å². The molecule has 1 heterocycles. The van der Waals surface area contributed by atoms with E-state index in [0.717, 1.165) is 35.7 Å². The largest absolute Gasteiger partial charge is 0.493 e.